The van der Waals surface area contributed by atoms with E-state index >= 15 is 4.39 Å². The van der Waals surface area contributed by atoms with E-state index in [1.54, 1.807) is 49.4 Å². The Kier molecular flexibility index (Phi) is 6.99. The molecule has 1 saturated heterocycles. The molecule has 0 spiro atoms. The fourth-order valence-corrected chi connectivity index (χ4v) is 5.37. The van der Waals surface area contributed by atoms with Gasteiger partial charge < -0.3 is 9.84 Å². The summed E-state index contributed by atoms with van der Waals surface area (Å²) in [6.45, 7) is 2.34. The second-order valence-electron chi connectivity index (χ2n) is 10.1. The van der Waals surface area contributed by atoms with Crippen LogP contribution in [-0.2, 0) is 11.2 Å². The van der Waals surface area contributed by atoms with Crippen LogP contribution in [0.5, 0.6) is 0 Å². The number of aliphatic hydroxyl groups is 1. The van der Waals surface area contributed by atoms with Gasteiger partial charge in [-0.15, -0.1) is 0 Å². The first-order valence-electron chi connectivity index (χ1n) is 12.6. The third kappa shape index (κ3) is 5.31. The summed E-state index contributed by atoms with van der Waals surface area (Å²) in [5.41, 5.74) is 3.65. The van der Waals surface area contributed by atoms with Gasteiger partial charge in [-0.1, -0.05) is 48.5 Å². The highest BCUT2D eigenvalue weighted by molar-refractivity contribution is 5.65. The summed E-state index contributed by atoms with van der Waals surface area (Å²) in [4.78, 5) is 0. The highest BCUT2D eigenvalue weighted by Gasteiger charge is 2.28. The normalized spacial score (nSPS) is 22.7. The minimum absolute atomic E-state index is 0.00183. The van der Waals surface area contributed by atoms with Gasteiger partial charge in [0.1, 0.15) is 11.9 Å². The van der Waals surface area contributed by atoms with Crippen molar-refractivity contribution in [2.75, 3.05) is 6.61 Å². The Morgan fingerprint density at radius 3 is 2.26 bits per heavy atom. The van der Waals surface area contributed by atoms with Gasteiger partial charge in [-0.3, -0.25) is 0 Å². The molecule has 3 aromatic rings. The molecular formula is C30H31F3O2. The van der Waals surface area contributed by atoms with Crippen molar-refractivity contribution in [1.82, 2.24) is 0 Å². The minimum Gasteiger partial charge on any atom is -0.389 e. The van der Waals surface area contributed by atoms with Crippen molar-refractivity contribution in [2.45, 2.75) is 63.6 Å². The SMILES string of the molecule is CC(O)c1ccc(-c2ccc(C3CCC(CCc4ccc(C5CO5)cc4F)CC3)c(F)c2F)cc1. The van der Waals surface area contributed by atoms with Crippen molar-refractivity contribution in [3.8, 4) is 11.1 Å². The highest BCUT2D eigenvalue weighted by atomic mass is 19.2. The van der Waals surface area contributed by atoms with E-state index in [9.17, 15) is 13.9 Å². The van der Waals surface area contributed by atoms with Gasteiger partial charge in [-0.25, -0.2) is 13.2 Å². The van der Waals surface area contributed by atoms with Crippen molar-refractivity contribution < 1.29 is 23.0 Å². The van der Waals surface area contributed by atoms with E-state index in [1.165, 1.54) is 0 Å². The molecule has 1 aliphatic carbocycles. The third-order valence-corrected chi connectivity index (χ3v) is 7.71. The Morgan fingerprint density at radius 2 is 1.63 bits per heavy atom. The van der Waals surface area contributed by atoms with Gasteiger partial charge >= 0.3 is 0 Å². The fraction of sp³-hybridized carbons (Fsp3) is 0.400. The predicted molar refractivity (Wildman–Crippen MR) is 131 cm³/mol. The van der Waals surface area contributed by atoms with E-state index < -0.39 is 17.7 Å². The molecule has 1 aliphatic heterocycles. The third-order valence-electron chi connectivity index (χ3n) is 7.71. The molecule has 0 aromatic heterocycles. The largest absolute Gasteiger partial charge is 0.389 e. The molecule has 1 N–H and O–H groups in total. The summed E-state index contributed by atoms with van der Waals surface area (Å²) in [6.07, 6.45) is 4.54. The zero-order valence-electron chi connectivity index (χ0n) is 19.9. The van der Waals surface area contributed by atoms with Gasteiger partial charge in [0, 0.05) is 5.56 Å². The topological polar surface area (TPSA) is 32.8 Å². The summed E-state index contributed by atoms with van der Waals surface area (Å²) in [7, 11) is 0. The Labute approximate surface area is 204 Å². The first-order valence-corrected chi connectivity index (χ1v) is 12.6. The van der Waals surface area contributed by atoms with Crippen LogP contribution in [0.1, 0.15) is 79.4 Å². The number of epoxide rings is 1. The van der Waals surface area contributed by atoms with E-state index in [2.05, 4.69) is 0 Å². The van der Waals surface area contributed by atoms with Crippen molar-refractivity contribution in [1.29, 1.82) is 0 Å². The molecule has 0 amide bonds. The minimum atomic E-state index is -0.815. The average molecular weight is 481 g/mol. The maximum atomic E-state index is 15.1. The lowest BCUT2D eigenvalue weighted by Gasteiger charge is -2.29. The molecule has 2 aliphatic rings. The zero-order valence-corrected chi connectivity index (χ0v) is 19.9. The number of ether oxygens (including phenoxy) is 1. The van der Waals surface area contributed by atoms with E-state index in [4.69, 9.17) is 4.74 Å². The molecule has 5 heteroatoms. The van der Waals surface area contributed by atoms with Crippen molar-refractivity contribution >= 4 is 0 Å². The van der Waals surface area contributed by atoms with E-state index in [-0.39, 0.29) is 23.4 Å². The summed E-state index contributed by atoms with van der Waals surface area (Å²) < 4.78 is 49.7. The maximum absolute atomic E-state index is 15.1. The first-order chi connectivity index (χ1) is 16.9. The number of benzene rings is 3. The Hall–Kier alpha value is -2.63. The summed E-state index contributed by atoms with van der Waals surface area (Å²) in [5, 5.41) is 9.66. The lowest BCUT2D eigenvalue weighted by Crippen LogP contribution is -2.16. The summed E-state index contributed by atoms with van der Waals surface area (Å²) >= 11 is 0. The van der Waals surface area contributed by atoms with Crippen LogP contribution in [0.3, 0.4) is 0 Å². The van der Waals surface area contributed by atoms with Gasteiger partial charge in [0.2, 0.25) is 0 Å². The number of rotatable bonds is 7. The molecular weight excluding hydrogens is 449 g/mol. The Balaban J connectivity index is 1.19. The number of hydrogen-bond donors (Lipinski definition) is 1. The zero-order chi connectivity index (χ0) is 24.5. The molecule has 2 atom stereocenters. The van der Waals surface area contributed by atoms with Gasteiger partial charge in [0.15, 0.2) is 11.6 Å². The Bertz CT molecular complexity index is 1180. The molecule has 0 bridgehead atoms. The molecule has 5 rings (SSSR count). The predicted octanol–water partition coefficient (Wildman–Crippen LogP) is 7.80. The molecule has 0 radical (unpaired) electrons. The molecule has 3 aromatic carbocycles. The molecule has 2 unspecified atom stereocenters. The van der Waals surface area contributed by atoms with Crippen molar-refractivity contribution in [2.24, 2.45) is 5.92 Å². The maximum Gasteiger partial charge on any atom is 0.166 e. The standard InChI is InChI=1S/C30H31F3O2/c1-18(34)20-8-10-22(11-9-20)26-15-14-25(29(32)30(26)33)21-5-2-19(3-6-21)4-7-23-12-13-24(16-27(23)31)28-17-35-28/h8-16,18-19,21,28,34H,2-7,17H2,1H3. The van der Waals surface area contributed by atoms with Crippen LogP contribution >= 0.6 is 0 Å². The van der Waals surface area contributed by atoms with Crippen LogP contribution in [0.2, 0.25) is 0 Å². The monoisotopic (exact) mass is 480 g/mol. The molecule has 2 nitrogen and oxygen atoms in total. The molecule has 35 heavy (non-hydrogen) atoms. The second kappa shape index (κ2) is 10.2. The van der Waals surface area contributed by atoms with Crippen LogP contribution < -0.4 is 0 Å². The van der Waals surface area contributed by atoms with Crippen molar-refractivity contribution in [3.05, 3.63) is 94.3 Å². The Morgan fingerprint density at radius 1 is 0.914 bits per heavy atom. The van der Waals surface area contributed by atoms with Gasteiger partial charge in [0.05, 0.1) is 12.7 Å². The second-order valence-corrected chi connectivity index (χ2v) is 10.1. The van der Waals surface area contributed by atoms with Crippen LogP contribution in [0.15, 0.2) is 54.6 Å². The van der Waals surface area contributed by atoms with Gasteiger partial charge in [-0.05, 0) is 91.2 Å². The smallest absolute Gasteiger partial charge is 0.166 e. The van der Waals surface area contributed by atoms with Crippen LogP contribution in [0.4, 0.5) is 13.2 Å². The summed E-state index contributed by atoms with van der Waals surface area (Å²) in [6, 6.07) is 15.7. The fourth-order valence-electron chi connectivity index (χ4n) is 5.37. The quantitative estimate of drug-likeness (QED) is 0.350. The van der Waals surface area contributed by atoms with Gasteiger partial charge in [0.25, 0.3) is 0 Å². The average Bonchev–Trinajstić information content (AvgIpc) is 3.71. The number of hydrogen-bond acceptors (Lipinski definition) is 2. The number of aryl methyl sites for hydroxylation is 1. The van der Waals surface area contributed by atoms with E-state index in [1.807, 2.05) is 12.1 Å². The summed E-state index contributed by atoms with van der Waals surface area (Å²) in [5.74, 6) is -1.26. The van der Waals surface area contributed by atoms with Crippen LogP contribution in [-0.4, -0.2) is 11.7 Å². The lowest BCUT2D eigenvalue weighted by atomic mass is 9.76. The van der Waals surface area contributed by atoms with Crippen molar-refractivity contribution in [3.63, 3.8) is 0 Å². The molecule has 1 saturated carbocycles. The van der Waals surface area contributed by atoms with E-state index in [0.717, 1.165) is 48.8 Å². The van der Waals surface area contributed by atoms with E-state index in [0.29, 0.717) is 30.1 Å². The molecule has 2 fully saturated rings. The first kappa shape index (κ1) is 24.1. The van der Waals surface area contributed by atoms with Crippen LogP contribution in [0.25, 0.3) is 11.1 Å². The highest BCUT2D eigenvalue weighted by Crippen LogP contribution is 2.40. The van der Waals surface area contributed by atoms with Crippen LogP contribution in [0, 0.1) is 23.4 Å². The molecule has 1 heterocycles. The lowest BCUT2D eigenvalue weighted by molar-refractivity contribution is 0.199. The number of halogens is 3. The van der Waals surface area contributed by atoms with Gasteiger partial charge in [-0.2, -0.15) is 0 Å². The number of aliphatic hydroxyl groups excluding tert-OH is 1. The molecule has 184 valence electrons.